The van der Waals surface area contributed by atoms with Crippen LogP contribution in [-0.4, -0.2) is 65.5 Å². The largest absolute Gasteiger partial charge is 0.349 e. The van der Waals surface area contributed by atoms with Gasteiger partial charge in [-0.15, -0.1) is 0 Å². The number of guanidine groups is 1. The van der Waals surface area contributed by atoms with Gasteiger partial charge in [-0.25, -0.2) is 13.1 Å². The van der Waals surface area contributed by atoms with E-state index in [1.54, 1.807) is 0 Å². The van der Waals surface area contributed by atoms with Crippen molar-refractivity contribution in [2.45, 2.75) is 4.90 Å². The van der Waals surface area contributed by atoms with Crippen molar-refractivity contribution < 1.29 is 8.42 Å². The summed E-state index contributed by atoms with van der Waals surface area (Å²) in [5, 5.41) is 0.215. The van der Waals surface area contributed by atoms with Crippen LogP contribution in [0.4, 0.5) is 0 Å². The lowest BCUT2D eigenvalue weighted by atomic mass is 10.4. The fraction of sp³-hybridized carbons (Fsp3) is 0.462. The van der Waals surface area contributed by atoms with Crippen molar-refractivity contribution in [2.24, 2.45) is 4.99 Å². The quantitative estimate of drug-likeness (QED) is 0.489. The highest BCUT2D eigenvalue weighted by Gasteiger charge is 2.18. The van der Waals surface area contributed by atoms with Crippen LogP contribution in [0.2, 0.25) is 10.0 Å². The molecule has 124 valence electrons. The first-order valence-corrected chi connectivity index (χ1v) is 8.73. The van der Waals surface area contributed by atoms with Gasteiger partial charge < -0.3 is 9.80 Å². The van der Waals surface area contributed by atoms with Gasteiger partial charge in [-0.1, -0.05) is 29.3 Å². The van der Waals surface area contributed by atoms with Gasteiger partial charge in [0, 0.05) is 34.7 Å². The number of nitrogens with zero attached hydrogens (tertiary/aromatic N) is 3. The van der Waals surface area contributed by atoms with Crippen LogP contribution < -0.4 is 4.72 Å². The van der Waals surface area contributed by atoms with E-state index < -0.39 is 10.0 Å². The summed E-state index contributed by atoms with van der Waals surface area (Å²) in [4.78, 5) is 8.01. The van der Waals surface area contributed by atoms with Crippen LogP contribution in [-0.2, 0) is 10.0 Å². The van der Waals surface area contributed by atoms with E-state index in [2.05, 4.69) is 9.71 Å². The summed E-state index contributed by atoms with van der Waals surface area (Å²) < 4.78 is 26.8. The maximum Gasteiger partial charge on any atom is 0.242 e. The molecule has 0 atom stereocenters. The molecule has 0 bridgehead atoms. The number of nitrogens with one attached hydrogen (secondary N) is 1. The van der Waals surface area contributed by atoms with Crippen LogP contribution in [0.25, 0.3) is 0 Å². The third-order valence-corrected chi connectivity index (χ3v) is 5.10. The van der Waals surface area contributed by atoms with Crippen molar-refractivity contribution in [1.29, 1.82) is 0 Å². The summed E-state index contributed by atoms with van der Waals surface area (Å²) in [5.41, 5.74) is 0. The first kappa shape index (κ1) is 19.0. The van der Waals surface area contributed by atoms with E-state index >= 15 is 0 Å². The number of sulfonamides is 1. The van der Waals surface area contributed by atoms with Crippen LogP contribution in [0.3, 0.4) is 0 Å². The maximum atomic E-state index is 12.2. The SMILES string of the molecule is CN(C)C(=NCCNS(=O)(=O)c1cccc(Cl)c1Cl)N(C)C. The van der Waals surface area contributed by atoms with E-state index in [1.165, 1.54) is 18.2 Å². The molecule has 0 aliphatic carbocycles. The van der Waals surface area contributed by atoms with Gasteiger partial charge >= 0.3 is 0 Å². The molecule has 1 N–H and O–H groups in total. The predicted molar refractivity (Wildman–Crippen MR) is 91.3 cm³/mol. The second kappa shape index (κ2) is 8.01. The average molecular weight is 367 g/mol. The van der Waals surface area contributed by atoms with Gasteiger partial charge in [-0.05, 0) is 12.1 Å². The molecule has 0 saturated carbocycles. The van der Waals surface area contributed by atoms with Crippen molar-refractivity contribution >= 4 is 39.2 Å². The van der Waals surface area contributed by atoms with Crippen molar-refractivity contribution in [3.63, 3.8) is 0 Å². The summed E-state index contributed by atoms with van der Waals surface area (Å²) >= 11 is 11.8. The van der Waals surface area contributed by atoms with Crippen molar-refractivity contribution in [3.8, 4) is 0 Å². The minimum atomic E-state index is -3.71. The molecule has 0 unspecified atom stereocenters. The monoisotopic (exact) mass is 366 g/mol. The second-order valence-electron chi connectivity index (χ2n) is 4.92. The standard InChI is InChI=1S/C13H20Cl2N4O2S/c1-18(2)13(19(3)4)16-8-9-17-22(20,21)11-7-5-6-10(14)12(11)15/h5-7,17H,8-9H2,1-4H3. The maximum absolute atomic E-state index is 12.2. The zero-order valence-electron chi connectivity index (χ0n) is 13.0. The minimum absolute atomic E-state index is 0.0161. The molecule has 0 radical (unpaired) electrons. The summed E-state index contributed by atoms with van der Waals surface area (Å²) in [7, 11) is 3.76. The van der Waals surface area contributed by atoms with Gasteiger partial charge in [0.1, 0.15) is 4.90 Å². The number of hydrogen-bond donors (Lipinski definition) is 1. The van der Waals surface area contributed by atoms with Gasteiger partial charge in [0.2, 0.25) is 10.0 Å². The number of benzene rings is 1. The lowest BCUT2D eigenvalue weighted by Crippen LogP contribution is -2.36. The summed E-state index contributed by atoms with van der Waals surface area (Å²) in [6, 6.07) is 4.48. The van der Waals surface area contributed by atoms with E-state index in [0.717, 1.165) is 5.96 Å². The van der Waals surface area contributed by atoms with E-state index in [4.69, 9.17) is 23.2 Å². The predicted octanol–water partition coefficient (Wildman–Crippen LogP) is 1.75. The molecule has 9 heteroatoms. The van der Waals surface area contributed by atoms with E-state index in [9.17, 15) is 8.42 Å². The number of rotatable bonds is 5. The third kappa shape index (κ3) is 5.01. The molecule has 1 aromatic carbocycles. The normalized spacial score (nSPS) is 11.2. The molecule has 6 nitrogen and oxygen atoms in total. The smallest absolute Gasteiger partial charge is 0.242 e. The molecule has 0 amide bonds. The molecule has 0 aliphatic rings. The highest BCUT2D eigenvalue weighted by molar-refractivity contribution is 7.89. The lowest BCUT2D eigenvalue weighted by molar-refractivity contribution is 0.479. The van der Waals surface area contributed by atoms with Gasteiger partial charge in [0.25, 0.3) is 0 Å². The Labute approximate surface area is 141 Å². The zero-order valence-corrected chi connectivity index (χ0v) is 15.3. The summed E-state index contributed by atoms with van der Waals surface area (Å²) in [6.45, 7) is 0.472. The molecule has 22 heavy (non-hydrogen) atoms. The summed E-state index contributed by atoms with van der Waals surface area (Å²) in [6.07, 6.45) is 0. The van der Waals surface area contributed by atoms with E-state index in [1.807, 2.05) is 38.0 Å². The molecule has 0 fully saturated rings. The topological polar surface area (TPSA) is 65.0 Å². The fourth-order valence-electron chi connectivity index (χ4n) is 1.79. The van der Waals surface area contributed by atoms with Crippen LogP contribution >= 0.6 is 23.2 Å². The fourth-order valence-corrected chi connectivity index (χ4v) is 3.57. The van der Waals surface area contributed by atoms with Gasteiger partial charge in [-0.2, -0.15) is 0 Å². The van der Waals surface area contributed by atoms with Gasteiger partial charge in [-0.3, -0.25) is 4.99 Å². The van der Waals surface area contributed by atoms with Crippen LogP contribution in [0.5, 0.6) is 0 Å². The molecule has 0 heterocycles. The van der Waals surface area contributed by atoms with Crippen molar-refractivity contribution in [3.05, 3.63) is 28.2 Å². The van der Waals surface area contributed by atoms with Crippen molar-refractivity contribution in [2.75, 3.05) is 41.3 Å². The van der Waals surface area contributed by atoms with Gasteiger partial charge in [0.15, 0.2) is 5.96 Å². The van der Waals surface area contributed by atoms with Crippen molar-refractivity contribution in [1.82, 2.24) is 14.5 Å². The number of hydrogen-bond acceptors (Lipinski definition) is 3. The van der Waals surface area contributed by atoms with Crippen LogP contribution in [0.1, 0.15) is 0 Å². The van der Waals surface area contributed by atoms with Crippen LogP contribution in [0, 0.1) is 0 Å². The Hall–Kier alpha value is -1.02. The first-order chi connectivity index (χ1) is 10.2. The molecule has 0 aliphatic heterocycles. The molecule has 0 saturated heterocycles. The Morgan fingerprint density at radius 3 is 2.32 bits per heavy atom. The Kier molecular flexibility index (Phi) is 6.93. The Balaban J connectivity index is 2.75. The molecule has 1 rings (SSSR count). The Bertz CT molecular complexity index is 635. The van der Waals surface area contributed by atoms with E-state index in [0.29, 0.717) is 6.54 Å². The molecular formula is C13H20Cl2N4O2S. The number of halogens is 2. The van der Waals surface area contributed by atoms with Crippen LogP contribution in [0.15, 0.2) is 28.1 Å². The Morgan fingerprint density at radius 2 is 1.77 bits per heavy atom. The molecule has 1 aromatic rings. The third-order valence-electron chi connectivity index (χ3n) is 2.66. The van der Waals surface area contributed by atoms with Gasteiger partial charge in [0.05, 0.1) is 16.6 Å². The number of aliphatic imine (C=N–C) groups is 1. The first-order valence-electron chi connectivity index (χ1n) is 6.49. The highest BCUT2D eigenvalue weighted by Crippen LogP contribution is 2.28. The Morgan fingerprint density at radius 1 is 1.18 bits per heavy atom. The molecule has 0 aromatic heterocycles. The molecule has 0 spiro atoms. The minimum Gasteiger partial charge on any atom is -0.349 e. The highest BCUT2D eigenvalue weighted by atomic mass is 35.5. The molecular weight excluding hydrogens is 347 g/mol. The van der Waals surface area contributed by atoms with E-state index in [-0.39, 0.29) is 21.5 Å². The average Bonchev–Trinajstić information content (AvgIpc) is 2.40. The zero-order chi connectivity index (χ0) is 16.9. The summed E-state index contributed by atoms with van der Waals surface area (Å²) in [5.74, 6) is 0.750. The second-order valence-corrected chi connectivity index (χ2v) is 7.44. The lowest BCUT2D eigenvalue weighted by Gasteiger charge is -2.22.